The highest BCUT2D eigenvalue weighted by Crippen LogP contribution is 2.40. The molecule has 0 N–H and O–H groups in total. The van der Waals surface area contributed by atoms with Gasteiger partial charge in [-0.1, -0.05) is 11.6 Å². The first-order chi connectivity index (χ1) is 7.41. The Kier molecular flexibility index (Phi) is 2.70. The van der Waals surface area contributed by atoms with Gasteiger partial charge in [-0.3, -0.25) is 4.79 Å². The second-order valence-corrected chi connectivity index (χ2v) is 5.30. The van der Waals surface area contributed by atoms with Gasteiger partial charge in [0.15, 0.2) is 0 Å². The molecule has 1 fully saturated rings. The molecule has 3 heteroatoms. The predicted molar refractivity (Wildman–Crippen MR) is 64.0 cm³/mol. The summed E-state index contributed by atoms with van der Waals surface area (Å²) in [6.07, 6.45) is 0.495. The summed E-state index contributed by atoms with van der Waals surface area (Å²) in [4.78, 5) is 11.4. The molecule has 86 valence electrons. The minimum absolute atomic E-state index is 0.0140. The molecule has 0 spiro atoms. The van der Waals surface area contributed by atoms with Crippen LogP contribution >= 0.6 is 11.6 Å². The van der Waals surface area contributed by atoms with E-state index in [4.69, 9.17) is 16.3 Å². The lowest BCUT2D eigenvalue weighted by Crippen LogP contribution is -2.53. The SMILES string of the molecule is Cc1cc(Cl)ccc1OC1CC(=O)C1(C)C. The van der Waals surface area contributed by atoms with Crippen molar-refractivity contribution in [1.29, 1.82) is 0 Å². The molecule has 0 aromatic heterocycles. The first kappa shape index (κ1) is 11.5. The number of carbonyl (C=O) groups is 1. The van der Waals surface area contributed by atoms with Crippen LogP contribution in [0.2, 0.25) is 5.02 Å². The Morgan fingerprint density at radius 2 is 2.12 bits per heavy atom. The molecule has 1 unspecified atom stereocenters. The number of carbonyl (C=O) groups excluding carboxylic acids is 1. The van der Waals surface area contributed by atoms with Crippen LogP contribution in [0.4, 0.5) is 0 Å². The first-order valence-corrected chi connectivity index (χ1v) is 5.75. The quantitative estimate of drug-likeness (QED) is 0.790. The summed E-state index contributed by atoms with van der Waals surface area (Å²) in [5.41, 5.74) is 0.647. The molecule has 0 aliphatic heterocycles. The van der Waals surface area contributed by atoms with Gasteiger partial charge < -0.3 is 4.74 Å². The number of ether oxygens (including phenoxy) is 1. The van der Waals surface area contributed by atoms with Crippen molar-refractivity contribution < 1.29 is 9.53 Å². The number of hydrogen-bond acceptors (Lipinski definition) is 2. The highest BCUT2D eigenvalue weighted by molar-refractivity contribution is 6.30. The summed E-state index contributed by atoms with van der Waals surface area (Å²) in [6.45, 7) is 5.80. The molecular weight excluding hydrogens is 224 g/mol. The first-order valence-electron chi connectivity index (χ1n) is 5.37. The molecule has 1 aliphatic carbocycles. The van der Waals surface area contributed by atoms with Crippen molar-refractivity contribution in [3.63, 3.8) is 0 Å². The fraction of sp³-hybridized carbons (Fsp3) is 0.462. The number of hydrogen-bond donors (Lipinski definition) is 0. The maximum atomic E-state index is 11.4. The molecule has 0 amide bonds. The van der Waals surface area contributed by atoms with E-state index in [0.29, 0.717) is 11.4 Å². The number of rotatable bonds is 2. The van der Waals surface area contributed by atoms with Crippen LogP contribution < -0.4 is 4.74 Å². The molecular formula is C13H15ClO2. The Hall–Kier alpha value is -1.02. The van der Waals surface area contributed by atoms with Crippen LogP contribution in [0.25, 0.3) is 0 Å². The average Bonchev–Trinajstić information content (AvgIpc) is 2.21. The summed E-state index contributed by atoms with van der Waals surface area (Å²) in [5.74, 6) is 1.08. The van der Waals surface area contributed by atoms with Crippen molar-refractivity contribution in [2.24, 2.45) is 5.41 Å². The van der Waals surface area contributed by atoms with Crippen molar-refractivity contribution in [1.82, 2.24) is 0 Å². The van der Waals surface area contributed by atoms with E-state index in [1.54, 1.807) is 6.07 Å². The van der Waals surface area contributed by atoms with Crippen LogP contribution in [0, 0.1) is 12.3 Å². The van der Waals surface area contributed by atoms with Crippen molar-refractivity contribution in [3.05, 3.63) is 28.8 Å². The monoisotopic (exact) mass is 238 g/mol. The van der Waals surface area contributed by atoms with Gasteiger partial charge >= 0.3 is 0 Å². The Morgan fingerprint density at radius 3 is 2.62 bits per heavy atom. The zero-order valence-corrected chi connectivity index (χ0v) is 10.5. The zero-order chi connectivity index (χ0) is 11.9. The summed E-state index contributed by atoms with van der Waals surface area (Å²) in [5, 5.41) is 0.703. The van der Waals surface area contributed by atoms with Crippen LogP contribution in [0.5, 0.6) is 5.75 Å². The van der Waals surface area contributed by atoms with Crippen LogP contribution in [-0.2, 0) is 4.79 Å². The lowest BCUT2D eigenvalue weighted by molar-refractivity contribution is -0.148. The number of halogens is 1. The van der Waals surface area contributed by atoms with Crippen LogP contribution in [0.3, 0.4) is 0 Å². The summed E-state index contributed by atoms with van der Waals surface area (Å²) < 4.78 is 5.84. The third-order valence-corrected chi connectivity index (χ3v) is 3.54. The van der Waals surface area contributed by atoms with E-state index in [9.17, 15) is 4.79 Å². The average molecular weight is 239 g/mol. The largest absolute Gasteiger partial charge is 0.489 e. The Morgan fingerprint density at radius 1 is 1.44 bits per heavy atom. The number of benzene rings is 1. The molecule has 16 heavy (non-hydrogen) atoms. The van der Waals surface area contributed by atoms with E-state index in [2.05, 4.69) is 0 Å². The third-order valence-electron chi connectivity index (χ3n) is 3.30. The molecule has 0 bridgehead atoms. The topological polar surface area (TPSA) is 26.3 Å². The van der Waals surface area contributed by atoms with E-state index in [1.165, 1.54) is 0 Å². The summed E-state index contributed by atoms with van der Waals surface area (Å²) >= 11 is 5.87. The van der Waals surface area contributed by atoms with Gasteiger partial charge in [-0.05, 0) is 44.5 Å². The van der Waals surface area contributed by atoms with Gasteiger partial charge in [-0.15, -0.1) is 0 Å². The molecule has 1 aromatic carbocycles. The van der Waals surface area contributed by atoms with Crippen molar-refractivity contribution in [2.75, 3.05) is 0 Å². The highest BCUT2D eigenvalue weighted by atomic mass is 35.5. The van der Waals surface area contributed by atoms with Gasteiger partial charge in [0, 0.05) is 11.4 Å². The Labute approximate surface area is 101 Å². The van der Waals surface area contributed by atoms with Crippen LogP contribution in [-0.4, -0.2) is 11.9 Å². The molecule has 2 rings (SSSR count). The molecule has 0 heterocycles. The van der Waals surface area contributed by atoms with Crippen molar-refractivity contribution in [2.45, 2.75) is 33.3 Å². The summed E-state index contributed by atoms with van der Waals surface area (Å²) in [7, 11) is 0. The molecule has 0 radical (unpaired) electrons. The van der Waals surface area contributed by atoms with E-state index >= 15 is 0 Å². The number of Topliss-reactive ketones (excluding diaryl/α,β-unsaturated/α-hetero) is 1. The maximum absolute atomic E-state index is 11.4. The van der Waals surface area contributed by atoms with Crippen molar-refractivity contribution >= 4 is 17.4 Å². The molecule has 0 saturated heterocycles. The van der Waals surface area contributed by atoms with Crippen molar-refractivity contribution in [3.8, 4) is 5.75 Å². The van der Waals surface area contributed by atoms with Gasteiger partial charge in [0.05, 0.1) is 5.41 Å². The molecule has 1 atom stereocenters. The second kappa shape index (κ2) is 3.77. The maximum Gasteiger partial charge on any atom is 0.145 e. The number of ketones is 1. The molecule has 1 aliphatic rings. The fourth-order valence-electron chi connectivity index (χ4n) is 1.82. The number of aryl methyl sites for hydroxylation is 1. The Balaban J connectivity index is 2.14. The minimum Gasteiger partial charge on any atom is -0.489 e. The van der Waals surface area contributed by atoms with E-state index in [1.807, 2.05) is 32.9 Å². The minimum atomic E-state index is -0.355. The standard InChI is InChI=1S/C13H15ClO2/c1-8-6-9(14)4-5-10(8)16-12-7-11(15)13(12,2)3/h4-6,12H,7H2,1-3H3. The van der Waals surface area contributed by atoms with Gasteiger partial charge in [-0.25, -0.2) is 0 Å². The Bertz CT molecular complexity index is 438. The van der Waals surface area contributed by atoms with Gasteiger partial charge in [0.25, 0.3) is 0 Å². The predicted octanol–water partition coefficient (Wildman–Crippen LogP) is 3.39. The summed E-state index contributed by atoms with van der Waals surface area (Å²) in [6, 6.07) is 5.53. The second-order valence-electron chi connectivity index (χ2n) is 4.87. The molecule has 1 saturated carbocycles. The zero-order valence-electron chi connectivity index (χ0n) is 9.71. The lowest BCUT2D eigenvalue weighted by atomic mass is 9.68. The highest BCUT2D eigenvalue weighted by Gasteiger charge is 2.49. The van der Waals surface area contributed by atoms with E-state index in [0.717, 1.165) is 11.3 Å². The van der Waals surface area contributed by atoms with Gasteiger partial charge in [0.1, 0.15) is 17.6 Å². The fourth-order valence-corrected chi connectivity index (χ4v) is 2.05. The molecule has 2 nitrogen and oxygen atoms in total. The van der Waals surface area contributed by atoms with Crippen LogP contribution in [0.15, 0.2) is 18.2 Å². The lowest BCUT2D eigenvalue weighted by Gasteiger charge is -2.42. The third kappa shape index (κ3) is 1.82. The van der Waals surface area contributed by atoms with E-state index < -0.39 is 0 Å². The van der Waals surface area contributed by atoms with Crippen LogP contribution in [0.1, 0.15) is 25.8 Å². The smallest absolute Gasteiger partial charge is 0.145 e. The van der Waals surface area contributed by atoms with Gasteiger partial charge in [0.2, 0.25) is 0 Å². The normalized spacial score (nSPS) is 22.8. The van der Waals surface area contributed by atoms with E-state index in [-0.39, 0.29) is 17.3 Å². The molecule has 1 aromatic rings. The van der Waals surface area contributed by atoms with Gasteiger partial charge in [-0.2, -0.15) is 0 Å².